The fourth-order valence-electron chi connectivity index (χ4n) is 2.85. The molecular weight excluding hydrogens is 374 g/mol. The normalized spacial score (nSPS) is 10.4. The minimum absolute atomic E-state index is 0.0315. The SMILES string of the molecule is COc1ccc(-c2cc(NC(=O)CCn3[nH]c(=O)ccc3=O)ccc2OC)cc1. The Kier molecular flexibility index (Phi) is 6.13. The third-order valence-electron chi connectivity index (χ3n) is 4.34. The maximum absolute atomic E-state index is 12.3. The lowest BCUT2D eigenvalue weighted by molar-refractivity contribution is -0.116. The van der Waals surface area contributed by atoms with Gasteiger partial charge in [-0.2, -0.15) is 0 Å². The lowest BCUT2D eigenvalue weighted by Crippen LogP contribution is -2.29. The number of aromatic nitrogens is 2. The number of nitrogens with zero attached hydrogens (tertiary/aromatic N) is 1. The minimum atomic E-state index is -0.399. The van der Waals surface area contributed by atoms with Gasteiger partial charge in [-0.05, 0) is 35.9 Å². The molecule has 8 heteroatoms. The van der Waals surface area contributed by atoms with Crippen molar-refractivity contribution in [1.29, 1.82) is 0 Å². The second-order valence-corrected chi connectivity index (χ2v) is 6.24. The standard InChI is InChI=1S/C21H21N3O5/c1-28-16-6-3-14(4-7-16)17-13-15(5-8-18(17)29-2)22-19(25)11-12-24-21(27)10-9-20(26)23-24/h3-10,13H,11-12H2,1-2H3,(H,22,25)(H,23,26). The van der Waals surface area contributed by atoms with Gasteiger partial charge in [-0.3, -0.25) is 19.5 Å². The summed E-state index contributed by atoms with van der Waals surface area (Å²) in [7, 11) is 3.18. The molecule has 2 N–H and O–H groups in total. The van der Waals surface area contributed by atoms with Crippen molar-refractivity contribution in [2.75, 3.05) is 19.5 Å². The van der Waals surface area contributed by atoms with Crippen LogP contribution >= 0.6 is 0 Å². The van der Waals surface area contributed by atoms with Crippen LogP contribution in [0.15, 0.2) is 64.2 Å². The summed E-state index contributed by atoms with van der Waals surface area (Å²) in [4.78, 5) is 35.3. The van der Waals surface area contributed by atoms with Crippen molar-refractivity contribution in [3.63, 3.8) is 0 Å². The first-order valence-electron chi connectivity index (χ1n) is 8.92. The van der Waals surface area contributed by atoms with Crippen LogP contribution in [-0.4, -0.2) is 29.9 Å². The number of amides is 1. The lowest BCUT2D eigenvalue weighted by atomic mass is 10.0. The summed E-state index contributed by atoms with van der Waals surface area (Å²) in [6.07, 6.45) is 0.0315. The Hall–Kier alpha value is -3.81. The first-order valence-corrected chi connectivity index (χ1v) is 8.92. The number of H-pyrrole nitrogens is 1. The summed E-state index contributed by atoms with van der Waals surface area (Å²) in [6, 6.07) is 15.1. The van der Waals surface area contributed by atoms with Crippen molar-refractivity contribution in [2.45, 2.75) is 13.0 Å². The van der Waals surface area contributed by atoms with E-state index in [-0.39, 0.29) is 24.4 Å². The van der Waals surface area contributed by atoms with Gasteiger partial charge >= 0.3 is 0 Å². The van der Waals surface area contributed by atoms with E-state index >= 15 is 0 Å². The van der Waals surface area contributed by atoms with E-state index in [0.29, 0.717) is 11.4 Å². The van der Waals surface area contributed by atoms with Crippen molar-refractivity contribution >= 4 is 11.6 Å². The predicted molar refractivity (Wildman–Crippen MR) is 110 cm³/mol. The molecule has 0 unspecified atom stereocenters. The quantitative estimate of drug-likeness (QED) is 0.639. The lowest BCUT2D eigenvalue weighted by Gasteiger charge is -2.13. The van der Waals surface area contributed by atoms with Crippen LogP contribution in [-0.2, 0) is 11.3 Å². The minimum Gasteiger partial charge on any atom is -0.497 e. The first kappa shape index (κ1) is 19.9. The highest BCUT2D eigenvalue weighted by Gasteiger charge is 2.10. The van der Waals surface area contributed by atoms with E-state index in [1.54, 1.807) is 26.4 Å². The summed E-state index contributed by atoms with van der Waals surface area (Å²) in [6.45, 7) is 0.0717. The number of hydrogen-bond donors (Lipinski definition) is 2. The highest BCUT2D eigenvalue weighted by molar-refractivity contribution is 5.92. The number of aryl methyl sites for hydroxylation is 1. The maximum atomic E-state index is 12.3. The molecule has 29 heavy (non-hydrogen) atoms. The number of aromatic amines is 1. The average Bonchev–Trinajstić information content (AvgIpc) is 2.74. The Morgan fingerprint density at radius 1 is 1.00 bits per heavy atom. The zero-order valence-corrected chi connectivity index (χ0v) is 16.1. The molecule has 0 aliphatic carbocycles. The van der Waals surface area contributed by atoms with Gasteiger partial charge < -0.3 is 14.8 Å². The van der Waals surface area contributed by atoms with Crippen LogP contribution in [0.25, 0.3) is 11.1 Å². The summed E-state index contributed by atoms with van der Waals surface area (Å²) >= 11 is 0. The third kappa shape index (κ3) is 4.92. The molecule has 8 nitrogen and oxygen atoms in total. The molecular formula is C21H21N3O5. The fraction of sp³-hybridized carbons (Fsp3) is 0.190. The Balaban J connectivity index is 1.75. The summed E-state index contributed by atoms with van der Waals surface area (Å²) in [5, 5.41) is 5.20. The van der Waals surface area contributed by atoms with E-state index in [2.05, 4.69) is 10.4 Å². The van der Waals surface area contributed by atoms with Crippen LogP contribution in [0.4, 0.5) is 5.69 Å². The van der Waals surface area contributed by atoms with Crippen LogP contribution in [0, 0.1) is 0 Å². The maximum Gasteiger partial charge on any atom is 0.265 e. The monoisotopic (exact) mass is 395 g/mol. The van der Waals surface area contributed by atoms with E-state index < -0.39 is 5.56 Å². The molecule has 0 spiro atoms. The Labute approximate surface area is 166 Å². The number of benzene rings is 2. The number of methoxy groups -OCH3 is 2. The van der Waals surface area contributed by atoms with Gasteiger partial charge in [0.15, 0.2) is 0 Å². The summed E-state index contributed by atoms with van der Waals surface area (Å²) < 4.78 is 11.7. The van der Waals surface area contributed by atoms with Crippen LogP contribution in [0.3, 0.4) is 0 Å². The highest BCUT2D eigenvalue weighted by Crippen LogP contribution is 2.33. The number of ether oxygens (including phenoxy) is 2. The molecule has 0 aliphatic heterocycles. The molecule has 0 saturated heterocycles. The molecule has 1 heterocycles. The van der Waals surface area contributed by atoms with Crippen LogP contribution in [0.1, 0.15) is 6.42 Å². The number of carbonyl (C=O) groups excluding carboxylic acids is 1. The molecule has 150 valence electrons. The van der Waals surface area contributed by atoms with Gasteiger partial charge in [0.05, 0.1) is 20.8 Å². The molecule has 2 aromatic carbocycles. The predicted octanol–water partition coefficient (Wildman–Crippen LogP) is 2.25. The van der Waals surface area contributed by atoms with Gasteiger partial charge in [0, 0.05) is 29.8 Å². The van der Waals surface area contributed by atoms with Crippen LogP contribution in [0.5, 0.6) is 11.5 Å². The number of anilines is 1. The van der Waals surface area contributed by atoms with E-state index in [4.69, 9.17) is 9.47 Å². The third-order valence-corrected chi connectivity index (χ3v) is 4.34. The molecule has 1 aromatic heterocycles. The number of rotatable bonds is 7. The Morgan fingerprint density at radius 3 is 2.45 bits per heavy atom. The van der Waals surface area contributed by atoms with Gasteiger partial charge in [0.25, 0.3) is 11.1 Å². The van der Waals surface area contributed by atoms with Gasteiger partial charge in [-0.25, -0.2) is 4.68 Å². The molecule has 0 atom stereocenters. The first-order chi connectivity index (χ1) is 14.0. The van der Waals surface area contributed by atoms with E-state index in [1.807, 2.05) is 30.3 Å². The zero-order valence-electron chi connectivity index (χ0n) is 16.1. The average molecular weight is 395 g/mol. The topological polar surface area (TPSA) is 102 Å². The zero-order chi connectivity index (χ0) is 20.8. The van der Waals surface area contributed by atoms with Crippen LogP contribution in [0.2, 0.25) is 0 Å². The fourth-order valence-corrected chi connectivity index (χ4v) is 2.85. The van der Waals surface area contributed by atoms with Crippen molar-refractivity contribution in [2.24, 2.45) is 0 Å². The second kappa shape index (κ2) is 8.92. The van der Waals surface area contributed by atoms with Crippen molar-refractivity contribution in [3.8, 4) is 22.6 Å². The summed E-state index contributed by atoms with van der Waals surface area (Å²) in [5.41, 5.74) is 1.55. The van der Waals surface area contributed by atoms with Crippen molar-refractivity contribution < 1.29 is 14.3 Å². The number of carbonyl (C=O) groups is 1. The molecule has 3 rings (SSSR count). The smallest absolute Gasteiger partial charge is 0.265 e. The second-order valence-electron chi connectivity index (χ2n) is 6.24. The Bertz CT molecular complexity index is 1120. The van der Waals surface area contributed by atoms with Crippen molar-refractivity contribution in [3.05, 3.63) is 75.3 Å². The molecule has 0 bridgehead atoms. The highest BCUT2D eigenvalue weighted by atomic mass is 16.5. The van der Waals surface area contributed by atoms with Gasteiger partial charge in [-0.1, -0.05) is 12.1 Å². The summed E-state index contributed by atoms with van der Waals surface area (Å²) in [5.74, 6) is 1.13. The molecule has 3 aromatic rings. The van der Waals surface area contributed by atoms with E-state index in [0.717, 1.165) is 27.6 Å². The molecule has 0 radical (unpaired) electrons. The van der Waals surface area contributed by atoms with Crippen LogP contribution < -0.4 is 25.9 Å². The van der Waals surface area contributed by atoms with Gasteiger partial charge in [0.1, 0.15) is 11.5 Å². The van der Waals surface area contributed by atoms with Gasteiger partial charge in [-0.15, -0.1) is 0 Å². The van der Waals surface area contributed by atoms with Crippen molar-refractivity contribution in [1.82, 2.24) is 9.78 Å². The largest absolute Gasteiger partial charge is 0.497 e. The van der Waals surface area contributed by atoms with E-state index in [9.17, 15) is 14.4 Å². The molecule has 0 aliphatic rings. The molecule has 0 saturated carbocycles. The molecule has 0 fully saturated rings. The Morgan fingerprint density at radius 2 is 1.76 bits per heavy atom. The molecule has 1 amide bonds. The van der Waals surface area contributed by atoms with E-state index in [1.165, 1.54) is 6.07 Å². The number of nitrogens with one attached hydrogen (secondary N) is 2. The van der Waals surface area contributed by atoms with Gasteiger partial charge in [0.2, 0.25) is 5.91 Å². The number of hydrogen-bond acceptors (Lipinski definition) is 5.